The number of thioether (sulfide) groups is 1. The van der Waals surface area contributed by atoms with E-state index in [4.69, 9.17) is 16.3 Å². The lowest BCUT2D eigenvalue weighted by atomic mass is 10.1. The smallest absolute Gasteiger partial charge is 0.335 e. The van der Waals surface area contributed by atoms with Crippen molar-refractivity contribution < 1.29 is 19.4 Å². The molecule has 1 aliphatic heterocycles. The number of aliphatic imine (C=N–C) groups is 1. The molecule has 1 heterocycles. The number of hydrogen-bond donors (Lipinski definition) is 1. The summed E-state index contributed by atoms with van der Waals surface area (Å²) >= 11 is 10.7. The number of likely N-dealkylation sites (N-methyl/N-ethyl adjacent to an activating group) is 1. The van der Waals surface area contributed by atoms with E-state index in [1.807, 2.05) is 49.4 Å². The molecule has 1 aliphatic rings. The first-order valence-corrected chi connectivity index (χ1v) is 12.6. The van der Waals surface area contributed by atoms with Crippen LogP contribution >= 0.6 is 39.3 Å². The van der Waals surface area contributed by atoms with Gasteiger partial charge >= 0.3 is 5.97 Å². The zero-order valence-corrected chi connectivity index (χ0v) is 21.7. The van der Waals surface area contributed by atoms with Crippen molar-refractivity contribution in [3.05, 3.63) is 97.8 Å². The average molecular weight is 572 g/mol. The number of carboxylic acids is 1. The highest BCUT2D eigenvalue weighted by Gasteiger charge is 2.32. The first kappa shape index (κ1) is 25.0. The Balaban J connectivity index is 1.62. The summed E-state index contributed by atoms with van der Waals surface area (Å²) in [5.74, 6) is -0.572. The molecule has 0 unspecified atom stereocenters. The maximum Gasteiger partial charge on any atom is 0.335 e. The van der Waals surface area contributed by atoms with Gasteiger partial charge in [-0.25, -0.2) is 9.79 Å². The highest BCUT2D eigenvalue weighted by Crippen LogP contribution is 2.36. The van der Waals surface area contributed by atoms with Gasteiger partial charge in [-0.1, -0.05) is 45.7 Å². The van der Waals surface area contributed by atoms with Crippen molar-refractivity contribution in [1.82, 2.24) is 4.90 Å². The Morgan fingerprint density at radius 3 is 2.66 bits per heavy atom. The first-order valence-electron chi connectivity index (χ1n) is 10.6. The van der Waals surface area contributed by atoms with Crippen LogP contribution in [0.15, 0.2) is 81.1 Å². The Morgan fingerprint density at radius 2 is 1.94 bits per heavy atom. The van der Waals surface area contributed by atoms with Crippen LogP contribution in [0.4, 0.5) is 5.69 Å². The molecule has 0 spiro atoms. The Hall–Kier alpha value is -3.07. The van der Waals surface area contributed by atoms with Gasteiger partial charge < -0.3 is 9.84 Å². The zero-order valence-electron chi connectivity index (χ0n) is 18.6. The van der Waals surface area contributed by atoms with Crippen LogP contribution in [0.25, 0.3) is 6.08 Å². The van der Waals surface area contributed by atoms with Crippen LogP contribution in [0.5, 0.6) is 5.75 Å². The lowest BCUT2D eigenvalue weighted by Gasteiger charge is -2.12. The highest BCUT2D eigenvalue weighted by atomic mass is 79.9. The molecule has 0 bridgehead atoms. The van der Waals surface area contributed by atoms with E-state index in [1.54, 1.807) is 23.1 Å². The fourth-order valence-corrected chi connectivity index (χ4v) is 4.89. The highest BCUT2D eigenvalue weighted by molar-refractivity contribution is 9.10. The van der Waals surface area contributed by atoms with Crippen LogP contribution in [0, 0.1) is 0 Å². The van der Waals surface area contributed by atoms with Crippen LogP contribution in [0.1, 0.15) is 28.4 Å². The van der Waals surface area contributed by atoms with E-state index in [1.165, 1.54) is 23.9 Å². The summed E-state index contributed by atoms with van der Waals surface area (Å²) in [6.45, 7) is 2.65. The number of amides is 1. The van der Waals surface area contributed by atoms with Gasteiger partial charge in [-0.05, 0) is 78.9 Å². The quantitative estimate of drug-likeness (QED) is 0.309. The molecule has 0 radical (unpaired) electrons. The van der Waals surface area contributed by atoms with Crippen molar-refractivity contribution in [2.24, 2.45) is 4.99 Å². The predicted molar refractivity (Wildman–Crippen MR) is 143 cm³/mol. The number of rotatable bonds is 7. The molecule has 9 heteroatoms. The summed E-state index contributed by atoms with van der Waals surface area (Å²) in [7, 11) is 0. The van der Waals surface area contributed by atoms with Crippen LogP contribution in [-0.4, -0.2) is 33.6 Å². The predicted octanol–water partition coefficient (Wildman–Crippen LogP) is 7.00. The van der Waals surface area contributed by atoms with Crippen LogP contribution in [0.2, 0.25) is 5.02 Å². The fraction of sp³-hybridized carbons (Fsp3) is 0.115. The maximum absolute atomic E-state index is 13.1. The molecule has 0 atom stereocenters. The third-order valence-corrected chi connectivity index (χ3v) is 6.84. The minimum Gasteiger partial charge on any atom is -0.488 e. The molecular formula is C26H20BrClN2O4S. The third kappa shape index (κ3) is 6.14. The molecule has 178 valence electrons. The van der Waals surface area contributed by atoms with Gasteiger partial charge in [0.1, 0.15) is 12.4 Å². The molecule has 0 aliphatic carbocycles. The van der Waals surface area contributed by atoms with Gasteiger partial charge in [-0.3, -0.25) is 9.69 Å². The molecule has 0 aromatic heterocycles. The minimum atomic E-state index is -1.03. The van der Waals surface area contributed by atoms with Gasteiger partial charge in [-0.15, -0.1) is 0 Å². The number of carbonyl (C=O) groups is 2. The van der Waals surface area contributed by atoms with Crippen molar-refractivity contribution in [3.63, 3.8) is 0 Å². The van der Waals surface area contributed by atoms with Gasteiger partial charge in [0.2, 0.25) is 0 Å². The third-order valence-electron chi connectivity index (χ3n) is 5.09. The molecule has 3 aromatic carbocycles. The molecule has 0 saturated carbocycles. The summed E-state index contributed by atoms with van der Waals surface area (Å²) in [6.07, 6.45) is 1.79. The van der Waals surface area contributed by atoms with E-state index in [9.17, 15) is 14.7 Å². The van der Waals surface area contributed by atoms with E-state index in [0.717, 1.165) is 15.6 Å². The SMILES string of the molecule is CCN1C(=O)/C(=C/c2cc(Br)ccc2OCc2ccc(Cl)cc2)SC1=Nc1cccc(C(=O)O)c1. The number of carbonyl (C=O) groups excluding carboxylic acids is 1. The van der Waals surface area contributed by atoms with Crippen molar-refractivity contribution in [1.29, 1.82) is 0 Å². The van der Waals surface area contributed by atoms with E-state index in [2.05, 4.69) is 20.9 Å². The summed E-state index contributed by atoms with van der Waals surface area (Å²) in [5, 5.41) is 10.4. The van der Waals surface area contributed by atoms with Crippen molar-refractivity contribution in [2.75, 3.05) is 6.54 Å². The van der Waals surface area contributed by atoms with Gasteiger partial charge in [-0.2, -0.15) is 0 Å². The largest absolute Gasteiger partial charge is 0.488 e. The van der Waals surface area contributed by atoms with Gasteiger partial charge in [0.25, 0.3) is 5.91 Å². The normalized spacial score (nSPS) is 15.7. The maximum atomic E-state index is 13.1. The van der Waals surface area contributed by atoms with E-state index < -0.39 is 5.97 Å². The molecule has 1 fully saturated rings. The number of benzene rings is 3. The lowest BCUT2D eigenvalue weighted by Crippen LogP contribution is -2.28. The summed E-state index contributed by atoms with van der Waals surface area (Å²) < 4.78 is 6.90. The number of carboxylic acid groups (broad SMARTS) is 1. The summed E-state index contributed by atoms with van der Waals surface area (Å²) in [4.78, 5) is 31.0. The van der Waals surface area contributed by atoms with Gasteiger partial charge in [0.15, 0.2) is 5.17 Å². The topological polar surface area (TPSA) is 79.2 Å². The number of aromatic carboxylic acids is 1. The van der Waals surface area contributed by atoms with E-state index >= 15 is 0 Å². The van der Waals surface area contributed by atoms with Crippen molar-refractivity contribution in [3.8, 4) is 5.75 Å². The number of ether oxygens (including phenoxy) is 1. The standard InChI is InChI=1S/C26H20BrClN2O4S/c1-2-30-24(31)23(35-26(30)29-21-5-3-4-17(13-21)25(32)33)14-18-12-19(27)8-11-22(18)34-15-16-6-9-20(28)10-7-16/h3-14H,2,15H2,1H3,(H,32,33)/b23-14-,29-26?. The summed E-state index contributed by atoms with van der Waals surface area (Å²) in [6, 6.07) is 19.3. The van der Waals surface area contributed by atoms with Gasteiger partial charge in [0, 0.05) is 21.6 Å². The second-order valence-corrected chi connectivity index (χ2v) is 9.87. The Morgan fingerprint density at radius 1 is 1.17 bits per heavy atom. The molecule has 6 nitrogen and oxygen atoms in total. The monoisotopic (exact) mass is 570 g/mol. The number of nitrogens with zero attached hydrogens (tertiary/aromatic N) is 2. The Labute approximate surface area is 220 Å². The van der Waals surface area contributed by atoms with Gasteiger partial charge in [0.05, 0.1) is 16.2 Å². The van der Waals surface area contributed by atoms with Crippen LogP contribution in [0.3, 0.4) is 0 Å². The van der Waals surface area contributed by atoms with Crippen LogP contribution < -0.4 is 4.74 Å². The minimum absolute atomic E-state index is 0.136. The molecule has 1 saturated heterocycles. The molecule has 1 amide bonds. The Bertz CT molecular complexity index is 1340. The number of amidine groups is 1. The lowest BCUT2D eigenvalue weighted by molar-refractivity contribution is -0.122. The fourth-order valence-electron chi connectivity index (χ4n) is 3.34. The van der Waals surface area contributed by atoms with E-state index in [-0.39, 0.29) is 11.5 Å². The molecule has 3 aromatic rings. The second-order valence-electron chi connectivity index (χ2n) is 7.51. The molecule has 1 N–H and O–H groups in total. The van der Waals surface area contributed by atoms with E-state index in [0.29, 0.717) is 39.7 Å². The first-order chi connectivity index (χ1) is 16.8. The second kappa shape index (κ2) is 11.1. The number of hydrogen-bond acceptors (Lipinski definition) is 5. The van der Waals surface area contributed by atoms with Crippen LogP contribution in [-0.2, 0) is 11.4 Å². The number of halogens is 2. The molecular weight excluding hydrogens is 552 g/mol. The Kier molecular flexibility index (Phi) is 7.95. The average Bonchev–Trinajstić information content (AvgIpc) is 3.13. The molecule has 35 heavy (non-hydrogen) atoms. The summed E-state index contributed by atoms with van der Waals surface area (Å²) in [5.41, 5.74) is 2.32. The van der Waals surface area contributed by atoms with Crippen molar-refractivity contribution in [2.45, 2.75) is 13.5 Å². The molecule has 4 rings (SSSR count). The van der Waals surface area contributed by atoms with Crippen molar-refractivity contribution >= 4 is 68.1 Å². The zero-order chi connectivity index (χ0) is 24.9.